The van der Waals surface area contributed by atoms with Gasteiger partial charge in [0.25, 0.3) is 0 Å². The third kappa shape index (κ3) is 23.8. The maximum absolute atomic E-state index is 13.6. The summed E-state index contributed by atoms with van der Waals surface area (Å²) in [6.07, 6.45) is -95.0. The lowest BCUT2D eigenvalue weighted by molar-refractivity contribution is -0.412. The summed E-state index contributed by atoms with van der Waals surface area (Å²) in [5.41, 5.74) is 0. The minimum absolute atomic E-state index is 0.871. The lowest BCUT2D eigenvalue weighted by Crippen LogP contribution is -2.72. The van der Waals surface area contributed by atoms with Crippen LogP contribution in [0.2, 0.25) is 0 Å². The van der Waals surface area contributed by atoms with Crippen LogP contribution in [0, 0.1) is 0 Å². The van der Waals surface area contributed by atoms with Gasteiger partial charge in [0.15, 0.2) is 62.9 Å². The van der Waals surface area contributed by atoms with Gasteiger partial charge in [0, 0.05) is 41.5 Å². The summed E-state index contributed by atoms with van der Waals surface area (Å²) in [7, 11) is 0. The van der Waals surface area contributed by atoms with Crippen molar-refractivity contribution < 1.29 is 246 Å². The third-order valence-electron chi connectivity index (χ3n) is 23.2. The summed E-state index contributed by atoms with van der Waals surface area (Å²) in [5, 5.41) is 299. The predicted molar refractivity (Wildman–Crippen MR) is 398 cm³/mol. The number of aliphatic hydroxyl groups excluding tert-OH is 25. The van der Waals surface area contributed by atoms with Crippen molar-refractivity contribution in [3.05, 3.63) is 0 Å². The van der Waals surface area contributed by atoms with Crippen LogP contribution in [-0.4, -0.2) is 529 Å². The van der Waals surface area contributed by atoms with Crippen LogP contribution < -0.4 is 31.9 Å². The van der Waals surface area contributed by atoms with Crippen LogP contribution in [0.5, 0.6) is 0 Å². The van der Waals surface area contributed by atoms with Gasteiger partial charge in [-0.2, -0.15) is 0 Å². The second-order valence-corrected chi connectivity index (χ2v) is 32.5. The lowest BCUT2D eigenvalue weighted by atomic mass is 9.93. The molecule has 10 aliphatic heterocycles. The number of hydrogen-bond acceptors (Lipinski definition) is 50. The summed E-state index contributed by atoms with van der Waals surface area (Å²) in [5.74, 6) is -5.73. The van der Waals surface area contributed by atoms with Gasteiger partial charge in [-0.25, -0.2) is 0 Å². The van der Waals surface area contributed by atoms with Gasteiger partial charge < -0.3 is 250 Å². The predicted octanol–water partition coefficient (Wildman–Crippen LogP) is -20.9. The quantitative estimate of drug-likeness (QED) is 0.0290. The molecule has 31 N–H and O–H groups in total. The van der Waals surface area contributed by atoms with Gasteiger partial charge in [0.2, 0.25) is 35.4 Å². The molecule has 10 rings (SSSR count). The van der Waals surface area contributed by atoms with Gasteiger partial charge in [-0.15, -0.1) is 0 Å². The highest BCUT2D eigenvalue weighted by molar-refractivity contribution is 5.75. The summed E-state index contributed by atoms with van der Waals surface area (Å²) in [6.45, 7) is -3.70. The van der Waals surface area contributed by atoms with E-state index in [2.05, 4.69) is 31.9 Å². The fourth-order valence-electron chi connectivity index (χ4n) is 16.6. The molecule has 10 fully saturated rings. The number of aliphatic hydroxyl groups is 25. The van der Waals surface area contributed by atoms with E-state index >= 15 is 0 Å². The Morgan fingerprint density at radius 1 is 0.219 bits per heavy atom. The van der Waals surface area contributed by atoms with E-state index in [-0.39, 0.29) is 0 Å². The SMILES string of the molecule is CC(=O)N[C@@H]1[C@@H](O)[C@H](O[C@@H]2O[C@H](CO)[C@@H](O[C@@H]3O[C@H](CO[C@H]4O[C@H](CO)[C@@H](O)[C@H](O)[C@@H]4O[C@@H]4O[C@H](CO)[C@@H](O)[C@H](O)[C@H]4NC(C)=O)[C@@H](O[C@@H]4O[C@H](CO)[C@@H](O)[C@H](O)[C@H]4NC(C)=O)[C@H](O[C@H]4O[C@H](CO)[C@@H](O[C@@H]5O[C@H](CO)[C@@H](O)[C@H](O)[C@H]5NC(C)=O)[C@H](O)[C@@H]4O[C@@H]4O[C@H](CO)[C@@H](O)[C@H](O)[C@H]4NC(C)=O)[C@@H]3O)[C@H](O)[C@H]2NC(C)=O)[C@@H](CO[C@@H]2O[C@@H](C)[C@@H](O)[C@@H](O)[C@@H]2O)O[C@@H]1O. The summed E-state index contributed by atoms with van der Waals surface area (Å²) in [4.78, 5) is 77.8. The lowest BCUT2D eigenvalue weighted by Gasteiger charge is -2.53. The molecule has 0 aromatic heterocycles. The summed E-state index contributed by atoms with van der Waals surface area (Å²) in [6, 6.07) is -11.7. The van der Waals surface area contributed by atoms with Gasteiger partial charge in [0.05, 0.1) is 65.6 Å². The molecule has 6 amide bonds. The molecule has 0 aromatic carbocycles. The molecule has 56 heteroatoms. The largest absolute Gasteiger partial charge is 0.394 e. The highest BCUT2D eigenvalue weighted by atomic mass is 16.8. The van der Waals surface area contributed by atoms with E-state index in [9.17, 15) is 156 Å². The van der Waals surface area contributed by atoms with Crippen LogP contribution in [0.3, 0.4) is 0 Å². The molecule has 128 heavy (non-hydrogen) atoms. The molecule has 10 aliphatic rings. The number of rotatable bonds is 33. The molecule has 10 heterocycles. The van der Waals surface area contributed by atoms with Gasteiger partial charge >= 0.3 is 0 Å². The molecular formula is C72H120N6O50. The van der Waals surface area contributed by atoms with Crippen LogP contribution in [0.4, 0.5) is 0 Å². The zero-order valence-corrected chi connectivity index (χ0v) is 69.6. The molecule has 10 saturated heterocycles. The first-order valence-electron chi connectivity index (χ1n) is 41.0. The smallest absolute Gasteiger partial charge is 0.217 e. The van der Waals surface area contributed by atoms with E-state index in [0.717, 1.165) is 41.5 Å². The molecule has 0 saturated carbocycles. The van der Waals surface area contributed by atoms with E-state index in [0.29, 0.717) is 0 Å². The highest BCUT2D eigenvalue weighted by Crippen LogP contribution is 2.42. The molecule has 0 radical (unpaired) electrons. The summed E-state index contributed by atoms with van der Waals surface area (Å²) < 4.78 is 117. The van der Waals surface area contributed by atoms with Crippen molar-refractivity contribution in [2.75, 3.05) is 59.5 Å². The number of hydrogen-bond donors (Lipinski definition) is 31. The van der Waals surface area contributed by atoms with Crippen molar-refractivity contribution in [2.24, 2.45) is 0 Å². The van der Waals surface area contributed by atoms with Gasteiger partial charge in [-0.3, -0.25) is 28.8 Å². The second-order valence-electron chi connectivity index (χ2n) is 32.5. The minimum Gasteiger partial charge on any atom is -0.394 e. The van der Waals surface area contributed by atoms with Crippen molar-refractivity contribution in [3.63, 3.8) is 0 Å². The van der Waals surface area contributed by atoms with Gasteiger partial charge in [-0.1, -0.05) is 0 Å². The van der Waals surface area contributed by atoms with E-state index in [1.165, 1.54) is 6.92 Å². The van der Waals surface area contributed by atoms with Crippen LogP contribution in [0.15, 0.2) is 0 Å². The van der Waals surface area contributed by atoms with Crippen molar-refractivity contribution >= 4 is 35.4 Å². The van der Waals surface area contributed by atoms with Crippen molar-refractivity contribution in [2.45, 2.75) is 355 Å². The van der Waals surface area contributed by atoms with E-state index in [4.69, 9.17) is 90.0 Å². The molecule has 0 bridgehead atoms. The maximum atomic E-state index is 13.6. The molecule has 738 valence electrons. The number of ether oxygens (including phenoxy) is 19. The Morgan fingerprint density at radius 2 is 0.484 bits per heavy atom. The topological polar surface area (TPSA) is 856 Å². The molecule has 0 aliphatic carbocycles. The zero-order valence-electron chi connectivity index (χ0n) is 69.6. The normalized spacial score (nSPS) is 47.8. The monoisotopic (exact) mass is 1870 g/mol. The molecule has 0 spiro atoms. The van der Waals surface area contributed by atoms with Gasteiger partial charge in [0.1, 0.15) is 238 Å². The van der Waals surface area contributed by atoms with Crippen LogP contribution in [-0.2, 0) is 119 Å². The Labute approximate surface area is 726 Å². The fourth-order valence-corrected chi connectivity index (χ4v) is 16.6. The fraction of sp³-hybridized carbons (Fsp3) is 0.917. The maximum Gasteiger partial charge on any atom is 0.217 e. The third-order valence-corrected chi connectivity index (χ3v) is 23.2. The molecule has 0 unspecified atom stereocenters. The number of carbonyl (C=O) groups excluding carboxylic acids is 6. The van der Waals surface area contributed by atoms with Crippen LogP contribution in [0.1, 0.15) is 48.5 Å². The Bertz CT molecular complexity index is 3550. The van der Waals surface area contributed by atoms with Crippen LogP contribution in [0.25, 0.3) is 0 Å². The molecular weight excluding hydrogens is 1750 g/mol. The average molecular weight is 1870 g/mol. The van der Waals surface area contributed by atoms with Crippen LogP contribution >= 0.6 is 0 Å². The molecule has 50 atom stereocenters. The zero-order chi connectivity index (χ0) is 94.4. The molecule has 0 aromatic rings. The Hall–Kier alpha value is -4.94. The first-order chi connectivity index (χ1) is 60.5. The van der Waals surface area contributed by atoms with Gasteiger partial charge in [-0.05, 0) is 6.92 Å². The Kier molecular flexibility index (Phi) is 37.8. The summed E-state index contributed by atoms with van der Waals surface area (Å²) >= 11 is 0. The first kappa shape index (κ1) is 105. The highest BCUT2D eigenvalue weighted by Gasteiger charge is 2.63. The first-order valence-corrected chi connectivity index (χ1v) is 41.0. The van der Waals surface area contributed by atoms with E-state index in [1.807, 2.05) is 0 Å². The average Bonchev–Trinajstić information content (AvgIpc) is 0.752. The van der Waals surface area contributed by atoms with Crippen molar-refractivity contribution in [1.29, 1.82) is 0 Å². The molecule has 56 nitrogen and oxygen atoms in total. The van der Waals surface area contributed by atoms with E-state index in [1.54, 1.807) is 0 Å². The standard InChI is InChI=1S/C72H120N6O50/c1-17-39(92)51(104)53(106)69(112-17)110-15-31-58(49(102)33(63(109)113-31)73-18(2)86)123-68-38(78-23(7)91)50(103)56(29(13-84)119-68)124-70-55(108)60(126-72-62(128-67-37(77-22(6)90)48(101)43(96)27(11-82)117-67)54(107)57(30(14-85)120-72)122-64-34(74-19(3)87)45(98)40(93)24(8-79)114-64)59(125-65-35(75-20(4)88)46(99)41(94)25(9-80)115-65)32(121-70)16-111-71-61(52(105)44(97)28(12-83)118-71)127-66-36(76-21(5)89)47(100)42(95)26(10-81)116-66/h17,24-72,79-85,92-109H,8-16H2,1-7H3,(H,73,86)(H,74,87)(H,75,88)(H,76,89)(H,77,90)(H,78,91)/t17-,24+,25+,26+,27+,28+,29+,30+,31+,32+,33+,34+,35+,36+,37+,38+,39+,40+,41+,42+,43+,44+,45+,46+,47+,48+,49+,50+,51+,52-,53-,54-,55-,56+,57+,58+,59+,60+,61-,62-,63-,64-,65-,66-,67-,68-,69+,70-,71-,72+/m0/s1. The number of nitrogens with one attached hydrogen (secondary N) is 6. The minimum atomic E-state index is -2.82. The second kappa shape index (κ2) is 46.1. The number of carbonyl (C=O) groups is 6. The van der Waals surface area contributed by atoms with E-state index < -0.39 is 402 Å². The van der Waals surface area contributed by atoms with Crippen molar-refractivity contribution in [1.82, 2.24) is 31.9 Å². The Balaban J connectivity index is 1.12. The Morgan fingerprint density at radius 3 is 0.867 bits per heavy atom. The number of amides is 6. The van der Waals surface area contributed by atoms with Crippen molar-refractivity contribution in [3.8, 4) is 0 Å².